The summed E-state index contributed by atoms with van der Waals surface area (Å²) in [7, 11) is 1.27. The third kappa shape index (κ3) is 4.72. The Morgan fingerprint density at radius 1 is 1.18 bits per heavy atom. The van der Waals surface area contributed by atoms with Crippen LogP contribution in [0.1, 0.15) is 72.0 Å². The van der Waals surface area contributed by atoms with Crippen molar-refractivity contribution in [2.45, 2.75) is 78.1 Å². The van der Waals surface area contributed by atoms with E-state index in [4.69, 9.17) is 18.6 Å². The molecule has 4 rings (SSSR count). The number of carbonyl (C=O) groups is 5. The van der Waals surface area contributed by atoms with Gasteiger partial charge in [0.2, 0.25) is 0 Å². The highest BCUT2D eigenvalue weighted by atomic mass is 16.6. The van der Waals surface area contributed by atoms with Gasteiger partial charge in [0.1, 0.15) is 6.10 Å². The van der Waals surface area contributed by atoms with E-state index in [0.717, 1.165) is 6.08 Å². The predicted molar refractivity (Wildman–Crippen MR) is 139 cm³/mol. The number of allylic oxidation sites excluding steroid dienone is 1. The molecule has 1 saturated carbocycles. The van der Waals surface area contributed by atoms with Crippen molar-refractivity contribution in [3.05, 3.63) is 47.5 Å². The van der Waals surface area contributed by atoms with Crippen LogP contribution < -0.4 is 0 Å². The largest absolute Gasteiger partial charge is 0.472 e. The van der Waals surface area contributed by atoms with E-state index in [1.54, 1.807) is 32.9 Å². The van der Waals surface area contributed by atoms with Crippen molar-refractivity contribution < 1.29 is 47.7 Å². The number of Topliss-reactive ketones (excluding diaryl/α,β-unsaturated/α-hetero) is 2. The van der Waals surface area contributed by atoms with Crippen molar-refractivity contribution >= 4 is 29.5 Å². The average molecular weight is 557 g/mol. The molecule has 0 amide bonds. The van der Waals surface area contributed by atoms with Gasteiger partial charge in [-0.05, 0) is 29.4 Å². The molecule has 0 unspecified atom stereocenters. The molecule has 3 aliphatic rings. The third-order valence-electron chi connectivity index (χ3n) is 8.84. The number of furan rings is 1. The van der Waals surface area contributed by atoms with Crippen molar-refractivity contribution in [3.63, 3.8) is 0 Å². The van der Waals surface area contributed by atoms with Crippen LogP contribution in [-0.2, 0) is 38.2 Å². The van der Waals surface area contributed by atoms with Crippen LogP contribution in [0.3, 0.4) is 0 Å². The third-order valence-corrected chi connectivity index (χ3v) is 8.84. The number of cyclic esters (lactones) is 1. The number of ketones is 2. The Hall–Kier alpha value is -3.53. The lowest BCUT2D eigenvalue weighted by Crippen LogP contribution is -2.62. The fourth-order valence-corrected chi connectivity index (χ4v) is 6.54. The van der Waals surface area contributed by atoms with Crippen molar-refractivity contribution in [1.29, 1.82) is 0 Å². The molecule has 10 heteroatoms. The van der Waals surface area contributed by atoms with Gasteiger partial charge in [-0.25, -0.2) is 4.79 Å². The second-order valence-electron chi connectivity index (χ2n) is 11.7. The van der Waals surface area contributed by atoms with Crippen molar-refractivity contribution in [2.75, 3.05) is 7.11 Å². The molecule has 6 atom stereocenters. The van der Waals surface area contributed by atoms with E-state index in [0.29, 0.717) is 5.56 Å². The molecule has 1 aliphatic heterocycles. The summed E-state index contributed by atoms with van der Waals surface area (Å²) in [6.45, 7) is 8.62. The van der Waals surface area contributed by atoms with E-state index < -0.39 is 69.9 Å². The van der Waals surface area contributed by atoms with E-state index in [1.807, 2.05) is 13.8 Å². The lowest BCUT2D eigenvalue weighted by Gasteiger charge is -2.52. The fourth-order valence-electron chi connectivity index (χ4n) is 6.54. The number of hydrogen-bond donors (Lipinski definition) is 1. The standard InChI is InChI=1S/C30H36O10/c1-7-22(32)39-27(18-14-28(3,4)19(12-23(33)37-6)16(2)25(18)35)30(36)20-13-24(34)40-26(17-9-11-38-15-17)29(20,5)10-8-21(30)31/h9,11,13-16,19,26-27,36H,7-8,10,12H2,1-6H3/t16-,19-,26+,27-,29-,30+/m1/s1. The van der Waals surface area contributed by atoms with Crippen LogP contribution in [-0.4, -0.2) is 53.4 Å². The average Bonchev–Trinajstić information content (AvgIpc) is 3.45. The van der Waals surface area contributed by atoms with Gasteiger partial charge < -0.3 is 23.7 Å². The molecule has 0 aromatic carbocycles. The zero-order chi connectivity index (χ0) is 29.6. The molecular formula is C30H36O10. The summed E-state index contributed by atoms with van der Waals surface area (Å²) in [4.78, 5) is 65.3. The minimum absolute atomic E-state index is 0.0171. The molecule has 1 aromatic rings. The second-order valence-corrected chi connectivity index (χ2v) is 11.7. The van der Waals surface area contributed by atoms with Crippen LogP contribution in [0.4, 0.5) is 0 Å². The molecule has 0 saturated heterocycles. The highest BCUT2D eigenvalue weighted by Gasteiger charge is 2.64. The summed E-state index contributed by atoms with van der Waals surface area (Å²) in [5.41, 5.74) is -3.89. The summed E-state index contributed by atoms with van der Waals surface area (Å²) in [5, 5.41) is 12.4. The van der Waals surface area contributed by atoms with Gasteiger partial charge in [-0.1, -0.05) is 40.7 Å². The first-order chi connectivity index (χ1) is 18.7. The smallest absolute Gasteiger partial charge is 0.331 e. The summed E-state index contributed by atoms with van der Waals surface area (Å²) >= 11 is 0. The summed E-state index contributed by atoms with van der Waals surface area (Å²) in [6.07, 6.45) is 2.89. The Morgan fingerprint density at radius 3 is 2.48 bits per heavy atom. The molecule has 0 spiro atoms. The first-order valence-electron chi connectivity index (χ1n) is 13.4. The number of ether oxygens (including phenoxy) is 3. The SMILES string of the molecule is CCC(=O)O[C@H](C1=CC(C)(C)[C@H](CC(=O)OC)[C@@H](C)C1=O)[C@@]1(O)C(=O)CC[C@]2(C)C1=CC(=O)O[C@H]2c1ccoc1. The second kappa shape index (κ2) is 10.5. The number of fused-ring (bicyclic) bond motifs is 1. The van der Waals surface area contributed by atoms with Crippen molar-refractivity contribution in [2.24, 2.45) is 22.7 Å². The van der Waals surface area contributed by atoms with E-state index in [9.17, 15) is 29.1 Å². The van der Waals surface area contributed by atoms with E-state index in [-0.39, 0.29) is 36.8 Å². The molecule has 1 fully saturated rings. The molecule has 2 heterocycles. The van der Waals surface area contributed by atoms with Crippen LogP contribution in [0.2, 0.25) is 0 Å². The van der Waals surface area contributed by atoms with Gasteiger partial charge in [-0.2, -0.15) is 0 Å². The van der Waals surface area contributed by atoms with Crippen molar-refractivity contribution in [3.8, 4) is 0 Å². The molecule has 0 radical (unpaired) electrons. The Kier molecular flexibility index (Phi) is 7.70. The number of hydrogen-bond acceptors (Lipinski definition) is 10. The summed E-state index contributed by atoms with van der Waals surface area (Å²) < 4.78 is 21.5. The molecule has 1 N–H and O–H groups in total. The summed E-state index contributed by atoms with van der Waals surface area (Å²) in [6, 6.07) is 1.63. The van der Waals surface area contributed by atoms with Gasteiger partial charge in [0, 0.05) is 47.8 Å². The molecule has 2 aliphatic carbocycles. The van der Waals surface area contributed by atoms with Gasteiger partial charge in [-0.15, -0.1) is 0 Å². The Bertz CT molecular complexity index is 1290. The Balaban J connectivity index is 1.90. The lowest BCUT2D eigenvalue weighted by atomic mass is 9.56. The Morgan fingerprint density at radius 2 is 1.88 bits per heavy atom. The maximum atomic E-state index is 13.9. The minimum atomic E-state index is -2.52. The maximum Gasteiger partial charge on any atom is 0.331 e. The van der Waals surface area contributed by atoms with Gasteiger partial charge in [0.25, 0.3) is 0 Å². The van der Waals surface area contributed by atoms with Gasteiger partial charge in [-0.3, -0.25) is 19.2 Å². The number of aliphatic hydroxyl groups is 1. The quantitative estimate of drug-likeness (QED) is 0.390. The van der Waals surface area contributed by atoms with Crippen molar-refractivity contribution in [1.82, 2.24) is 0 Å². The number of esters is 3. The normalized spacial score (nSPS) is 32.3. The molecular weight excluding hydrogens is 520 g/mol. The molecule has 0 bridgehead atoms. The van der Waals surface area contributed by atoms with Crippen LogP contribution >= 0.6 is 0 Å². The lowest BCUT2D eigenvalue weighted by molar-refractivity contribution is -0.174. The summed E-state index contributed by atoms with van der Waals surface area (Å²) in [5.74, 6) is -4.33. The molecule has 40 heavy (non-hydrogen) atoms. The zero-order valence-corrected chi connectivity index (χ0v) is 23.6. The fraction of sp³-hybridized carbons (Fsp3) is 0.567. The topological polar surface area (TPSA) is 146 Å². The van der Waals surface area contributed by atoms with Crippen LogP contribution in [0, 0.1) is 22.7 Å². The molecule has 10 nitrogen and oxygen atoms in total. The van der Waals surface area contributed by atoms with E-state index in [1.165, 1.54) is 19.6 Å². The zero-order valence-electron chi connectivity index (χ0n) is 23.6. The van der Waals surface area contributed by atoms with Crippen LogP contribution in [0.5, 0.6) is 0 Å². The number of rotatable bonds is 7. The first-order valence-corrected chi connectivity index (χ1v) is 13.4. The van der Waals surface area contributed by atoms with Gasteiger partial charge >= 0.3 is 17.9 Å². The Labute approximate surface area is 232 Å². The number of carbonyl (C=O) groups excluding carboxylic acids is 5. The number of methoxy groups -OCH3 is 1. The highest BCUT2D eigenvalue weighted by Crippen LogP contribution is 2.57. The monoisotopic (exact) mass is 556 g/mol. The minimum Gasteiger partial charge on any atom is -0.472 e. The van der Waals surface area contributed by atoms with E-state index in [2.05, 4.69) is 0 Å². The van der Waals surface area contributed by atoms with Crippen LogP contribution in [0.15, 0.2) is 46.3 Å². The van der Waals surface area contributed by atoms with Gasteiger partial charge in [0.15, 0.2) is 23.3 Å². The van der Waals surface area contributed by atoms with E-state index >= 15 is 0 Å². The molecule has 1 aromatic heterocycles. The maximum absolute atomic E-state index is 13.9. The highest BCUT2D eigenvalue weighted by molar-refractivity contribution is 6.04. The predicted octanol–water partition coefficient (Wildman–Crippen LogP) is 3.58. The van der Waals surface area contributed by atoms with Gasteiger partial charge in [0.05, 0.1) is 19.6 Å². The van der Waals surface area contributed by atoms with Crippen LogP contribution in [0.25, 0.3) is 0 Å². The molecule has 216 valence electrons. The first kappa shape index (κ1) is 29.5.